The number of hydrogen-bond donors (Lipinski definition) is 0. The summed E-state index contributed by atoms with van der Waals surface area (Å²) in [5, 5.41) is 3.81. The van der Waals surface area contributed by atoms with Crippen LogP contribution in [0.1, 0.15) is 41.8 Å². The molecular weight excluding hydrogens is 306 g/mol. The molecule has 2 aromatic rings. The molecule has 0 atom stereocenters. The van der Waals surface area contributed by atoms with Gasteiger partial charge in [0.2, 0.25) is 15.9 Å². The van der Waals surface area contributed by atoms with Gasteiger partial charge in [-0.3, -0.25) is 9.10 Å². The van der Waals surface area contributed by atoms with Crippen LogP contribution in [0.5, 0.6) is 0 Å². The van der Waals surface area contributed by atoms with Gasteiger partial charge in [-0.05, 0) is 12.1 Å². The smallest absolute Gasteiger partial charge is 0.243 e. The van der Waals surface area contributed by atoms with E-state index in [0.717, 1.165) is 0 Å². The van der Waals surface area contributed by atoms with E-state index in [1.54, 1.807) is 24.3 Å². The van der Waals surface area contributed by atoms with Crippen molar-refractivity contribution in [1.82, 2.24) is 10.1 Å². The number of benzene rings is 1. The van der Waals surface area contributed by atoms with Crippen LogP contribution >= 0.6 is 0 Å². The van der Waals surface area contributed by atoms with Crippen LogP contribution in [0.3, 0.4) is 0 Å². The van der Waals surface area contributed by atoms with Gasteiger partial charge in [0.05, 0.1) is 12.2 Å². The van der Waals surface area contributed by atoms with Gasteiger partial charge in [-0.1, -0.05) is 31.1 Å². The molecule has 3 rings (SSSR count). The van der Waals surface area contributed by atoms with E-state index in [4.69, 9.17) is 4.52 Å². The van der Waals surface area contributed by atoms with E-state index in [-0.39, 0.29) is 18.3 Å². The highest BCUT2D eigenvalue weighted by Gasteiger charge is 2.35. The highest BCUT2D eigenvalue weighted by molar-refractivity contribution is 7.93. The number of rotatable bonds is 3. The van der Waals surface area contributed by atoms with Crippen molar-refractivity contribution in [3.8, 4) is 0 Å². The van der Waals surface area contributed by atoms with Gasteiger partial charge >= 0.3 is 0 Å². The Hall–Kier alpha value is -2.22. The number of para-hydroxylation sites is 1. The lowest BCUT2D eigenvalue weighted by molar-refractivity contribution is 0.102. The molecule has 0 fully saturated rings. The summed E-state index contributed by atoms with van der Waals surface area (Å²) in [6.45, 7) is 3.76. The second-order valence-electron chi connectivity index (χ2n) is 5.41. The topological polar surface area (TPSA) is 93.4 Å². The first-order valence-electron chi connectivity index (χ1n) is 6.83. The third kappa shape index (κ3) is 2.50. The van der Waals surface area contributed by atoms with Crippen LogP contribution in [0.4, 0.5) is 5.69 Å². The summed E-state index contributed by atoms with van der Waals surface area (Å²) in [5.41, 5.74) is 0.750. The lowest BCUT2D eigenvalue weighted by Gasteiger charge is -2.28. The van der Waals surface area contributed by atoms with Gasteiger partial charge in [0, 0.05) is 11.5 Å². The van der Waals surface area contributed by atoms with Crippen molar-refractivity contribution in [2.24, 2.45) is 0 Å². The number of Topliss-reactive ketones (excluding diaryl/α,β-unsaturated/α-hetero) is 1. The van der Waals surface area contributed by atoms with Gasteiger partial charge in [0.25, 0.3) is 0 Å². The molecule has 0 saturated carbocycles. The number of sulfonamides is 1. The molecule has 1 aromatic carbocycles. The van der Waals surface area contributed by atoms with Gasteiger partial charge in [-0.15, -0.1) is 0 Å². The van der Waals surface area contributed by atoms with Crippen LogP contribution in [-0.4, -0.2) is 30.1 Å². The standard InChI is InChI=1S/C14H15N3O4S/c1-9(2)14-15-13(16-21-14)7-17-11-6-4-3-5-10(11)12(18)8-22(17,19)20/h3-6,9H,7-8H2,1-2H3. The van der Waals surface area contributed by atoms with Crippen molar-refractivity contribution in [3.63, 3.8) is 0 Å². The van der Waals surface area contributed by atoms with Gasteiger partial charge in [-0.25, -0.2) is 8.42 Å². The molecule has 0 amide bonds. The van der Waals surface area contributed by atoms with E-state index in [2.05, 4.69) is 10.1 Å². The summed E-state index contributed by atoms with van der Waals surface area (Å²) >= 11 is 0. The number of hydrogen-bond acceptors (Lipinski definition) is 6. The fraction of sp³-hybridized carbons (Fsp3) is 0.357. The average Bonchev–Trinajstić information content (AvgIpc) is 2.92. The normalized spacial score (nSPS) is 16.9. The first-order valence-corrected chi connectivity index (χ1v) is 8.44. The Kier molecular flexibility index (Phi) is 3.48. The Morgan fingerprint density at radius 2 is 2.05 bits per heavy atom. The van der Waals surface area contributed by atoms with Crippen molar-refractivity contribution in [1.29, 1.82) is 0 Å². The lowest BCUT2D eigenvalue weighted by Crippen LogP contribution is -2.40. The Morgan fingerprint density at radius 3 is 2.73 bits per heavy atom. The predicted octanol–water partition coefficient (Wildman–Crippen LogP) is 1.73. The molecule has 7 nitrogen and oxygen atoms in total. The molecule has 0 aliphatic carbocycles. The zero-order valence-corrected chi connectivity index (χ0v) is 13.0. The molecule has 0 unspecified atom stereocenters. The first kappa shape index (κ1) is 14.7. The summed E-state index contributed by atoms with van der Waals surface area (Å²) in [7, 11) is -3.73. The van der Waals surface area contributed by atoms with E-state index in [0.29, 0.717) is 17.1 Å². The van der Waals surface area contributed by atoms with Gasteiger partial charge < -0.3 is 4.52 Å². The quantitative estimate of drug-likeness (QED) is 0.854. The summed E-state index contributed by atoms with van der Waals surface area (Å²) in [6, 6.07) is 6.62. The zero-order chi connectivity index (χ0) is 15.9. The van der Waals surface area contributed by atoms with Crippen LogP contribution in [0.25, 0.3) is 0 Å². The van der Waals surface area contributed by atoms with Crippen molar-refractivity contribution < 1.29 is 17.7 Å². The fourth-order valence-electron chi connectivity index (χ4n) is 2.28. The number of fused-ring (bicyclic) bond motifs is 1. The maximum Gasteiger partial charge on any atom is 0.243 e. The van der Waals surface area contributed by atoms with Gasteiger partial charge in [0.15, 0.2) is 11.6 Å². The molecule has 1 aliphatic heterocycles. The minimum atomic E-state index is -3.73. The molecule has 0 radical (unpaired) electrons. The Bertz CT molecular complexity index is 826. The highest BCUT2D eigenvalue weighted by atomic mass is 32.2. The largest absolute Gasteiger partial charge is 0.339 e. The second-order valence-corrected chi connectivity index (χ2v) is 7.30. The van der Waals surface area contributed by atoms with E-state index in [1.165, 1.54) is 4.31 Å². The lowest BCUT2D eigenvalue weighted by atomic mass is 10.1. The monoisotopic (exact) mass is 321 g/mol. The third-order valence-electron chi connectivity index (χ3n) is 3.39. The number of anilines is 1. The molecule has 0 bridgehead atoms. The molecule has 22 heavy (non-hydrogen) atoms. The van der Waals surface area contributed by atoms with Crippen molar-refractivity contribution in [3.05, 3.63) is 41.5 Å². The van der Waals surface area contributed by atoms with Crippen LogP contribution in [0.15, 0.2) is 28.8 Å². The molecule has 1 aliphatic rings. The van der Waals surface area contributed by atoms with Crippen molar-refractivity contribution >= 4 is 21.5 Å². The van der Waals surface area contributed by atoms with Crippen molar-refractivity contribution in [2.45, 2.75) is 26.3 Å². The molecule has 1 aromatic heterocycles. The number of carbonyl (C=O) groups excluding carboxylic acids is 1. The van der Waals surface area contributed by atoms with Gasteiger partial charge in [-0.2, -0.15) is 4.98 Å². The zero-order valence-electron chi connectivity index (χ0n) is 12.2. The van der Waals surface area contributed by atoms with Gasteiger partial charge in [0.1, 0.15) is 5.75 Å². The molecule has 0 N–H and O–H groups in total. The fourth-order valence-corrected chi connectivity index (χ4v) is 3.69. The average molecular weight is 321 g/mol. The third-order valence-corrected chi connectivity index (χ3v) is 5.01. The first-order chi connectivity index (χ1) is 10.4. The number of aromatic nitrogens is 2. The molecule has 8 heteroatoms. The Balaban J connectivity index is 2.00. The summed E-state index contributed by atoms with van der Waals surface area (Å²) in [4.78, 5) is 16.1. The SMILES string of the molecule is CC(C)c1nc(CN2c3ccccc3C(=O)CS2(=O)=O)no1. The summed E-state index contributed by atoms with van der Waals surface area (Å²) < 4.78 is 30.9. The highest BCUT2D eigenvalue weighted by Crippen LogP contribution is 2.30. The Labute approximate surface area is 128 Å². The van der Waals surface area contributed by atoms with Crippen LogP contribution in [-0.2, 0) is 16.6 Å². The van der Waals surface area contributed by atoms with Crippen molar-refractivity contribution in [2.75, 3.05) is 10.1 Å². The van der Waals surface area contributed by atoms with E-state index in [9.17, 15) is 13.2 Å². The number of nitrogens with zero attached hydrogens (tertiary/aromatic N) is 3. The predicted molar refractivity (Wildman–Crippen MR) is 79.1 cm³/mol. The summed E-state index contributed by atoms with van der Waals surface area (Å²) in [5.74, 6) is -0.153. The van der Waals surface area contributed by atoms with Crippen LogP contribution < -0.4 is 4.31 Å². The molecule has 0 spiro atoms. The minimum absolute atomic E-state index is 0.0527. The minimum Gasteiger partial charge on any atom is -0.339 e. The molecular formula is C14H15N3O4S. The number of carbonyl (C=O) groups is 1. The number of ketones is 1. The Morgan fingerprint density at radius 1 is 1.32 bits per heavy atom. The second kappa shape index (κ2) is 5.20. The van der Waals surface area contributed by atoms with Crippen LogP contribution in [0, 0.1) is 0 Å². The molecule has 0 saturated heterocycles. The molecule has 116 valence electrons. The van der Waals surface area contributed by atoms with E-state index >= 15 is 0 Å². The maximum absolute atomic E-state index is 12.3. The van der Waals surface area contributed by atoms with E-state index in [1.807, 2.05) is 13.8 Å². The summed E-state index contributed by atoms with van der Waals surface area (Å²) in [6.07, 6.45) is 0. The maximum atomic E-state index is 12.3. The molecule has 2 heterocycles. The van der Waals surface area contributed by atoms with Crippen LogP contribution in [0.2, 0.25) is 0 Å². The van der Waals surface area contributed by atoms with E-state index < -0.39 is 21.6 Å².